The van der Waals surface area contributed by atoms with Crippen molar-refractivity contribution in [2.45, 2.75) is 19.5 Å². The van der Waals surface area contributed by atoms with Crippen molar-refractivity contribution in [1.29, 1.82) is 0 Å². The van der Waals surface area contributed by atoms with Crippen molar-refractivity contribution < 1.29 is 0 Å². The van der Waals surface area contributed by atoms with Gasteiger partial charge in [0.15, 0.2) is 0 Å². The number of thiophene rings is 1. The molecule has 1 unspecified atom stereocenters. The number of nitrogens with zero attached hydrogens (tertiary/aromatic N) is 1. The van der Waals surface area contributed by atoms with Crippen molar-refractivity contribution in [3.05, 3.63) is 56.2 Å². The Labute approximate surface area is 127 Å². The molecular weight excluding hydrogens is 320 g/mol. The molecule has 19 heavy (non-hydrogen) atoms. The molecule has 2 rings (SSSR count). The van der Waals surface area contributed by atoms with Gasteiger partial charge in [-0.2, -0.15) is 0 Å². The molecule has 1 atom stereocenters. The lowest BCUT2D eigenvalue weighted by Gasteiger charge is -2.27. The number of benzene rings is 1. The van der Waals surface area contributed by atoms with Crippen LogP contribution in [0, 0.1) is 6.92 Å². The third kappa shape index (κ3) is 3.45. The number of hydrogen-bond acceptors (Lipinski definition) is 3. The highest BCUT2D eigenvalue weighted by molar-refractivity contribution is 9.10. The molecule has 1 aromatic carbocycles. The van der Waals surface area contributed by atoms with Crippen LogP contribution in [0.25, 0.3) is 0 Å². The van der Waals surface area contributed by atoms with Gasteiger partial charge in [0.1, 0.15) is 0 Å². The Balaban J connectivity index is 2.16. The average molecular weight is 339 g/mol. The molecule has 0 aliphatic rings. The lowest BCUT2D eigenvalue weighted by atomic mass is 10.1. The molecule has 0 amide bonds. The van der Waals surface area contributed by atoms with E-state index in [1.54, 1.807) is 11.3 Å². The Kier molecular flexibility index (Phi) is 5.16. The molecule has 1 heterocycles. The third-order valence-electron chi connectivity index (χ3n) is 3.34. The van der Waals surface area contributed by atoms with Gasteiger partial charge < -0.3 is 5.73 Å². The van der Waals surface area contributed by atoms with E-state index in [0.717, 1.165) is 11.0 Å². The van der Waals surface area contributed by atoms with Crippen molar-refractivity contribution in [2.75, 3.05) is 13.6 Å². The van der Waals surface area contributed by atoms with Crippen LogP contribution in [0.2, 0.25) is 0 Å². The minimum absolute atomic E-state index is 0.284. The van der Waals surface area contributed by atoms with E-state index in [-0.39, 0.29) is 6.04 Å². The maximum absolute atomic E-state index is 5.98. The highest BCUT2D eigenvalue weighted by atomic mass is 79.9. The summed E-state index contributed by atoms with van der Waals surface area (Å²) in [7, 11) is 2.14. The number of rotatable bonds is 5. The van der Waals surface area contributed by atoms with Crippen molar-refractivity contribution in [3.63, 3.8) is 0 Å². The molecule has 0 saturated heterocycles. The fourth-order valence-electron chi connectivity index (χ4n) is 2.22. The second-order valence-corrected chi connectivity index (χ2v) is 6.53. The lowest BCUT2D eigenvalue weighted by Crippen LogP contribution is -2.30. The van der Waals surface area contributed by atoms with Crippen molar-refractivity contribution >= 4 is 27.3 Å². The smallest absolute Gasteiger partial charge is 0.0567 e. The van der Waals surface area contributed by atoms with E-state index in [4.69, 9.17) is 5.73 Å². The van der Waals surface area contributed by atoms with Gasteiger partial charge in [-0.3, -0.25) is 4.90 Å². The molecule has 0 radical (unpaired) electrons. The predicted octanol–water partition coefficient (Wildman–Crippen LogP) is 3.95. The highest BCUT2D eigenvalue weighted by Crippen LogP contribution is 2.29. The van der Waals surface area contributed by atoms with Crippen molar-refractivity contribution in [1.82, 2.24) is 4.90 Å². The van der Waals surface area contributed by atoms with Crippen LogP contribution in [0.15, 0.2) is 40.2 Å². The van der Waals surface area contributed by atoms with Crippen LogP contribution in [-0.4, -0.2) is 18.5 Å². The van der Waals surface area contributed by atoms with Crippen molar-refractivity contribution in [3.8, 4) is 0 Å². The largest absolute Gasteiger partial charge is 0.329 e. The minimum atomic E-state index is 0.284. The zero-order valence-electron chi connectivity index (χ0n) is 11.3. The lowest BCUT2D eigenvalue weighted by molar-refractivity contribution is 0.244. The third-order valence-corrected chi connectivity index (χ3v) is 5.23. The second kappa shape index (κ2) is 6.66. The van der Waals surface area contributed by atoms with Crippen LogP contribution in [0.4, 0.5) is 0 Å². The Morgan fingerprint density at radius 3 is 2.63 bits per heavy atom. The first-order valence-corrected chi connectivity index (χ1v) is 7.98. The van der Waals surface area contributed by atoms with E-state index in [1.165, 1.54) is 16.0 Å². The normalized spacial score (nSPS) is 12.9. The van der Waals surface area contributed by atoms with Gasteiger partial charge in [0.2, 0.25) is 0 Å². The molecule has 0 bridgehead atoms. The van der Waals surface area contributed by atoms with Gasteiger partial charge in [0, 0.05) is 22.4 Å². The quantitative estimate of drug-likeness (QED) is 0.894. The molecule has 4 heteroatoms. The van der Waals surface area contributed by atoms with Gasteiger partial charge >= 0.3 is 0 Å². The first kappa shape index (κ1) is 14.7. The Morgan fingerprint density at radius 2 is 2.05 bits per heavy atom. The van der Waals surface area contributed by atoms with Crippen LogP contribution in [-0.2, 0) is 6.54 Å². The summed E-state index contributed by atoms with van der Waals surface area (Å²) in [5, 5.41) is 2.14. The van der Waals surface area contributed by atoms with Crippen molar-refractivity contribution in [2.24, 2.45) is 5.73 Å². The predicted molar refractivity (Wildman–Crippen MR) is 86.5 cm³/mol. The summed E-state index contributed by atoms with van der Waals surface area (Å²) < 4.78 is 1.15. The summed E-state index contributed by atoms with van der Waals surface area (Å²) in [5.41, 5.74) is 8.60. The summed E-state index contributed by atoms with van der Waals surface area (Å²) >= 11 is 5.40. The zero-order valence-corrected chi connectivity index (χ0v) is 13.7. The average Bonchev–Trinajstić information content (AvgIpc) is 2.80. The standard InChI is InChI=1S/C15H19BrN2S/c1-11-7-8-19-15(11)14(9-17)18(2)10-12-5-3-4-6-13(12)16/h3-8,14H,9-10,17H2,1-2H3. The molecule has 102 valence electrons. The van der Waals surface area contributed by atoms with E-state index >= 15 is 0 Å². The van der Waals surface area contributed by atoms with Gasteiger partial charge in [-0.05, 0) is 42.6 Å². The van der Waals surface area contributed by atoms with Gasteiger partial charge in [-0.25, -0.2) is 0 Å². The monoisotopic (exact) mass is 338 g/mol. The SMILES string of the molecule is Cc1ccsc1C(CN)N(C)Cc1ccccc1Br. The number of likely N-dealkylation sites (N-methyl/N-ethyl adjacent to an activating group) is 1. The molecule has 0 aliphatic carbocycles. The second-order valence-electron chi connectivity index (χ2n) is 4.73. The van der Waals surface area contributed by atoms with E-state index in [1.807, 2.05) is 6.07 Å². The maximum Gasteiger partial charge on any atom is 0.0567 e. The summed E-state index contributed by atoms with van der Waals surface area (Å²) in [6, 6.07) is 10.8. The zero-order chi connectivity index (χ0) is 13.8. The van der Waals surface area contributed by atoms with E-state index in [9.17, 15) is 0 Å². The number of nitrogens with two attached hydrogens (primary N) is 1. The molecule has 2 aromatic rings. The summed E-state index contributed by atoms with van der Waals surface area (Å²) in [4.78, 5) is 3.69. The fraction of sp³-hybridized carbons (Fsp3) is 0.333. The van der Waals surface area contributed by atoms with Gasteiger partial charge in [0.25, 0.3) is 0 Å². The van der Waals surface area contributed by atoms with Crippen LogP contribution in [0.1, 0.15) is 22.0 Å². The molecular formula is C15H19BrN2S. The molecule has 0 saturated carbocycles. The highest BCUT2D eigenvalue weighted by Gasteiger charge is 2.19. The number of halogens is 1. The van der Waals surface area contributed by atoms with Gasteiger partial charge in [-0.15, -0.1) is 11.3 Å². The molecule has 2 nitrogen and oxygen atoms in total. The van der Waals surface area contributed by atoms with Crippen LogP contribution < -0.4 is 5.73 Å². The fourth-order valence-corrected chi connectivity index (χ4v) is 3.73. The van der Waals surface area contributed by atoms with Gasteiger partial charge in [-0.1, -0.05) is 34.1 Å². The molecule has 1 aromatic heterocycles. The number of hydrogen-bond donors (Lipinski definition) is 1. The molecule has 0 aliphatic heterocycles. The summed E-state index contributed by atoms with van der Waals surface area (Å²) in [5.74, 6) is 0. The van der Waals surface area contributed by atoms with Crippen LogP contribution >= 0.6 is 27.3 Å². The first-order chi connectivity index (χ1) is 9.13. The number of aryl methyl sites for hydroxylation is 1. The summed E-state index contributed by atoms with van der Waals surface area (Å²) in [6.07, 6.45) is 0. The van der Waals surface area contributed by atoms with Gasteiger partial charge in [0.05, 0.1) is 6.04 Å². The van der Waals surface area contributed by atoms with Crippen LogP contribution in [0.5, 0.6) is 0 Å². The van der Waals surface area contributed by atoms with E-state index in [2.05, 4.69) is 64.4 Å². The topological polar surface area (TPSA) is 29.3 Å². The Morgan fingerprint density at radius 1 is 1.32 bits per heavy atom. The molecule has 2 N–H and O–H groups in total. The Hall–Kier alpha value is -0.680. The Bertz CT molecular complexity index is 538. The van der Waals surface area contributed by atoms with Crippen LogP contribution in [0.3, 0.4) is 0 Å². The maximum atomic E-state index is 5.98. The minimum Gasteiger partial charge on any atom is -0.329 e. The molecule has 0 spiro atoms. The first-order valence-electron chi connectivity index (χ1n) is 6.31. The molecule has 0 fully saturated rings. The summed E-state index contributed by atoms with van der Waals surface area (Å²) in [6.45, 7) is 3.68. The van der Waals surface area contributed by atoms with E-state index < -0.39 is 0 Å². The van der Waals surface area contributed by atoms with E-state index in [0.29, 0.717) is 6.54 Å².